The van der Waals surface area contributed by atoms with Crippen molar-refractivity contribution >= 4 is 22.9 Å². The number of benzene rings is 2. The van der Waals surface area contributed by atoms with Crippen molar-refractivity contribution in [2.45, 2.75) is 6.92 Å². The van der Waals surface area contributed by atoms with E-state index in [4.69, 9.17) is 4.74 Å². The molecule has 162 valence electrons. The van der Waals surface area contributed by atoms with Gasteiger partial charge >= 0.3 is 0 Å². The van der Waals surface area contributed by atoms with Gasteiger partial charge in [-0.3, -0.25) is 4.79 Å². The molecule has 0 radical (unpaired) electrons. The predicted octanol–water partition coefficient (Wildman–Crippen LogP) is 2.49. The van der Waals surface area contributed by atoms with Gasteiger partial charge in [-0.25, -0.2) is 9.97 Å². The molecule has 32 heavy (non-hydrogen) atoms. The number of hydrogen-bond donors (Lipinski definition) is 0. The quantitative estimate of drug-likeness (QED) is 0.492. The molecule has 0 atom stereocenters. The Morgan fingerprint density at radius 2 is 1.66 bits per heavy atom. The fraction of sp³-hybridized carbons (Fsp3) is 0.261. The Bertz CT molecular complexity index is 1240. The van der Waals surface area contributed by atoms with Crippen LogP contribution in [0.15, 0.2) is 54.9 Å². The maximum Gasteiger partial charge on any atom is 0.253 e. The zero-order valence-corrected chi connectivity index (χ0v) is 18.0. The molecule has 5 rings (SSSR count). The molecule has 1 saturated heterocycles. The number of aromatic nitrogens is 5. The largest absolute Gasteiger partial charge is 0.497 e. The fourth-order valence-corrected chi connectivity index (χ4v) is 3.87. The predicted molar refractivity (Wildman–Crippen MR) is 120 cm³/mol. The molecule has 2 aromatic carbocycles. The Hall–Kier alpha value is -4.01. The van der Waals surface area contributed by atoms with Crippen molar-refractivity contribution in [2.75, 3.05) is 38.2 Å². The van der Waals surface area contributed by atoms with Crippen LogP contribution in [0.4, 0.5) is 5.82 Å². The molecule has 1 amide bonds. The third kappa shape index (κ3) is 3.62. The van der Waals surface area contributed by atoms with E-state index in [-0.39, 0.29) is 5.91 Å². The van der Waals surface area contributed by atoms with Crippen molar-refractivity contribution < 1.29 is 9.53 Å². The summed E-state index contributed by atoms with van der Waals surface area (Å²) in [5.74, 6) is 1.49. The lowest BCUT2D eigenvalue weighted by Gasteiger charge is -2.35. The molecule has 2 aromatic heterocycles. The zero-order chi connectivity index (χ0) is 22.1. The smallest absolute Gasteiger partial charge is 0.253 e. The fourth-order valence-electron chi connectivity index (χ4n) is 3.87. The van der Waals surface area contributed by atoms with Crippen molar-refractivity contribution in [1.82, 2.24) is 29.9 Å². The number of ether oxygens (including phenoxy) is 1. The average molecular weight is 429 g/mol. The zero-order valence-electron chi connectivity index (χ0n) is 18.0. The molecule has 0 N–H and O–H groups in total. The minimum absolute atomic E-state index is 0.0189. The van der Waals surface area contributed by atoms with Crippen molar-refractivity contribution in [3.05, 3.63) is 66.0 Å². The van der Waals surface area contributed by atoms with Gasteiger partial charge in [0, 0.05) is 31.7 Å². The van der Waals surface area contributed by atoms with Crippen LogP contribution in [0, 0.1) is 6.92 Å². The molecular formula is C23H23N7O2. The number of fused-ring (bicyclic) bond motifs is 1. The number of methoxy groups -OCH3 is 1. The number of anilines is 1. The second kappa shape index (κ2) is 8.26. The molecule has 0 aliphatic carbocycles. The summed E-state index contributed by atoms with van der Waals surface area (Å²) in [6.45, 7) is 4.56. The number of carbonyl (C=O) groups excluding carboxylic acids is 1. The topological polar surface area (TPSA) is 89.3 Å². The maximum absolute atomic E-state index is 12.9. The van der Waals surface area contributed by atoms with Crippen LogP contribution in [0.3, 0.4) is 0 Å². The standard InChI is InChI=1S/C23H23N7O2/c1-16-3-7-18(8-4-16)30-22-20(26-27-30)21(24-15-25-22)28-11-13-29(14-12-28)23(31)17-5-9-19(32-2)10-6-17/h3-10,15H,11-14H2,1-2H3. The summed E-state index contributed by atoms with van der Waals surface area (Å²) in [5.41, 5.74) is 4.05. The minimum Gasteiger partial charge on any atom is -0.497 e. The van der Waals surface area contributed by atoms with Gasteiger partial charge in [-0.05, 0) is 43.3 Å². The van der Waals surface area contributed by atoms with E-state index in [9.17, 15) is 4.79 Å². The average Bonchev–Trinajstić information content (AvgIpc) is 3.29. The Balaban J connectivity index is 1.33. The molecule has 1 aliphatic heterocycles. The van der Waals surface area contributed by atoms with Gasteiger partial charge in [-0.2, -0.15) is 4.68 Å². The van der Waals surface area contributed by atoms with E-state index in [1.165, 1.54) is 5.56 Å². The first-order valence-electron chi connectivity index (χ1n) is 10.5. The summed E-state index contributed by atoms with van der Waals surface area (Å²) < 4.78 is 6.90. The molecule has 0 bridgehead atoms. The maximum atomic E-state index is 12.9. The van der Waals surface area contributed by atoms with Crippen molar-refractivity contribution in [3.63, 3.8) is 0 Å². The number of carbonyl (C=O) groups is 1. The Labute approximate surface area is 185 Å². The molecule has 0 spiro atoms. The summed E-state index contributed by atoms with van der Waals surface area (Å²) in [6.07, 6.45) is 1.54. The summed E-state index contributed by atoms with van der Waals surface area (Å²) in [5, 5.41) is 8.67. The van der Waals surface area contributed by atoms with E-state index in [0.29, 0.717) is 42.9 Å². The molecule has 3 heterocycles. The monoisotopic (exact) mass is 429 g/mol. The van der Waals surface area contributed by atoms with Gasteiger partial charge in [0.15, 0.2) is 17.0 Å². The molecule has 1 fully saturated rings. The molecule has 4 aromatic rings. The van der Waals surface area contributed by atoms with E-state index in [1.54, 1.807) is 42.4 Å². The van der Waals surface area contributed by atoms with E-state index in [1.807, 2.05) is 36.1 Å². The minimum atomic E-state index is 0.0189. The van der Waals surface area contributed by atoms with E-state index < -0.39 is 0 Å². The lowest BCUT2D eigenvalue weighted by molar-refractivity contribution is 0.0746. The number of amides is 1. The van der Waals surface area contributed by atoms with Gasteiger partial charge in [0.25, 0.3) is 5.91 Å². The molecule has 1 aliphatic rings. The number of aryl methyl sites for hydroxylation is 1. The number of piperazine rings is 1. The Kier molecular flexibility index (Phi) is 5.14. The van der Waals surface area contributed by atoms with Gasteiger partial charge in [-0.1, -0.05) is 22.9 Å². The van der Waals surface area contributed by atoms with Gasteiger partial charge in [0.1, 0.15) is 12.1 Å². The van der Waals surface area contributed by atoms with E-state index >= 15 is 0 Å². The second-order valence-corrected chi connectivity index (χ2v) is 7.71. The van der Waals surface area contributed by atoms with E-state index in [2.05, 4.69) is 25.2 Å². The van der Waals surface area contributed by atoms with Gasteiger partial charge in [0.2, 0.25) is 0 Å². The number of hydrogen-bond acceptors (Lipinski definition) is 7. The molecule has 9 nitrogen and oxygen atoms in total. The van der Waals surface area contributed by atoms with Crippen LogP contribution in [-0.2, 0) is 0 Å². The van der Waals surface area contributed by atoms with Crippen molar-refractivity contribution in [1.29, 1.82) is 0 Å². The van der Waals surface area contributed by atoms with Crippen LogP contribution >= 0.6 is 0 Å². The molecule has 9 heteroatoms. The van der Waals surface area contributed by atoms with Crippen LogP contribution in [0.25, 0.3) is 16.9 Å². The highest BCUT2D eigenvalue weighted by Gasteiger charge is 2.25. The lowest BCUT2D eigenvalue weighted by atomic mass is 10.1. The summed E-state index contributed by atoms with van der Waals surface area (Å²) >= 11 is 0. The number of rotatable bonds is 4. The highest BCUT2D eigenvalue weighted by atomic mass is 16.5. The summed E-state index contributed by atoms with van der Waals surface area (Å²) in [7, 11) is 1.61. The normalized spacial score (nSPS) is 14.1. The van der Waals surface area contributed by atoms with Crippen LogP contribution in [0.1, 0.15) is 15.9 Å². The van der Waals surface area contributed by atoms with Crippen molar-refractivity contribution in [3.8, 4) is 11.4 Å². The molecule has 0 saturated carbocycles. The second-order valence-electron chi connectivity index (χ2n) is 7.71. The first-order valence-corrected chi connectivity index (χ1v) is 10.5. The summed E-state index contributed by atoms with van der Waals surface area (Å²) in [6, 6.07) is 15.3. The highest BCUT2D eigenvalue weighted by Crippen LogP contribution is 2.24. The molecular weight excluding hydrogens is 406 g/mol. The SMILES string of the molecule is COc1ccc(C(=O)N2CCN(c3ncnc4c3nnn4-c3ccc(C)cc3)CC2)cc1. The van der Waals surface area contributed by atoms with Gasteiger partial charge < -0.3 is 14.5 Å². The Morgan fingerprint density at radius 1 is 0.938 bits per heavy atom. The van der Waals surface area contributed by atoms with Crippen LogP contribution in [-0.4, -0.2) is 69.1 Å². The third-order valence-corrected chi connectivity index (χ3v) is 5.70. The lowest BCUT2D eigenvalue weighted by Crippen LogP contribution is -2.49. The Morgan fingerprint density at radius 3 is 2.34 bits per heavy atom. The van der Waals surface area contributed by atoms with Crippen LogP contribution < -0.4 is 9.64 Å². The first kappa shape index (κ1) is 19.9. The van der Waals surface area contributed by atoms with Crippen molar-refractivity contribution in [2.24, 2.45) is 0 Å². The van der Waals surface area contributed by atoms with Crippen LogP contribution in [0.2, 0.25) is 0 Å². The molecule has 0 unspecified atom stereocenters. The van der Waals surface area contributed by atoms with Gasteiger partial charge in [-0.15, -0.1) is 5.10 Å². The van der Waals surface area contributed by atoms with E-state index in [0.717, 1.165) is 17.3 Å². The number of nitrogens with zero attached hydrogens (tertiary/aromatic N) is 7. The first-order chi connectivity index (χ1) is 15.6. The third-order valence-electron chi connectivity index (χ3n) is 5.70. The summed E-state index contributed by atoms with van der Waals surface area (Å²) in [4.78, 5) is 25.7. The highest BCUT2D eigenvalue weighted by molar-refractivity contribution is 5.94. The van der Waals surface area contributed by atoms with Gasteiger partial charge in [0.05, 0.1) is 12.8 Å². The van der Waals surface area contributed by atoms with Crippen LogP contribution in [0.5, 0.6) is 5.75 Å².